The second-order valence-electron chi connectivity index (χ2n) is 6.06. The summed E-state index contributed by atoms with van der Waals surface area (Å²) in [5.74, 6) is -0.615. The molecule has 2 fully saturated rings. The zero-order valence-corrected chi connectivity index (χ0v) is 13.6. The normalized spacial score (nSPS) is 30.4. The number of epoxide rings is 1. The van der Waals surface area contributed by atoms with Crippen LogP contribution in [0.3, 0.4) is 0 Å². The van der Waals surface area contributed by atoms with Gasteiger partial charge in [0, 0.05) is 0 Å². The van der Waals surface area contributed by atoms with Crippen molar-refractivity contribution < 1.29 is 26.8 Å². The van der Waals surface area contributed by atoms with Crippen LogP contribution in [0.2, 0.25) is 0 Å². The van der Waals surface area contributed by atoms with E-state index in [1.165, 1.54) is 12.1 Å². The van der Waals surface area contributed by atoms with Crippen LogP contribution < -0.4 is 0 Å². The van der Waals surface area contributed by atoms with Crippen molar-refractivity contribution in [2.45, 2.75) is 49.8 Å². The molecule has 2 heterocycles. The van der Waals surface area contributed by atoms with Gasteiger partial charge in [0.2, 0.25) is 0 Å². The van der Waals surface area contributed by atoms with Crippen LogP contribution in [0, 0.1) is 6.92 Å². The van der Waals surface area contributed by atoms with E-state index in [0.717, 1.165) is 5.56 Å². The van der Waals surface area contributed by atoms with E-state index in [4.69, 9.17) is 18.4 Å². The maximum absolute atomic E-state index is 12.1. The highest BCUT2D eigenvalue weighted by molar-refractivity contribution is 7.86. The average molecular weight is 328 g/mol. The number of ether oxygens (including phenoxy) is 3. The Balaban J connectivity index is 1.52. The van der Waals surface area contributed by atoms with Crippen molar-refractivity contribution in [1.82, 2.24) is 0 Å². The van der Waals surface area contributed by atoms with Gasteiger partial charge in [-0.25, -0.2) is 0 Å². The van der Waals surface area contributed by atoms with Crippen molar-refractivity contribution in [3.63, 3.8) is 0 Å². The molecule has 1 aromatic carbocycles. The van der Waals surface area contributed by atoms with E-state index in [1.54, 1.807) is 12.1 Å². The van der Waals surface area contributed by atoms with E-state index in [1.807, 2.05) is 20.8 Å². The highest BCUT2D eigenvalue weighted by Gasteiger charge is 2.51. The molecule has 0 radical (unpaired) electrons. The predicted octanol–water partition coefficient (Wildman–Crippen LogP) is 1.62. The highest BCUT2D eigenvalue weighted by atomic mass is 32.2. The van der Waals surface area contributed by atoms with E-state index >= 15 is 0 Å². The first kappa shape index (κ1) is 15.9. The molecular weight excluding hydrogens is 308 g/mol. The summed E-state index contributed by atoms with van der Waals surface area (Å²) in [5, 5.41) is 0. The van der Waals surface area contributed by atoms with E-state index in [-0.39, 0.29) is 29.8 Å². The molecule has 0 saturated carbocycles. The largest absolute Gasteiger partial charge is 0.364 e. The van der Waals surface area contributed by atoms with Crippen molar-refractivity contribution in [3.8, 4) is 0 Å². The fraction of sp³-hybridized carbons (Fsp3) is 0.600. The van der Waals surface area contributed by atoms with Gasteiger partial charge < -0.3 is 14.2 Å². The topological polar surface area (TPSA) is 74.4 Å². The summed E-state index contributed by atoms with van der Waals surface area (Å²) in [6, 6.07) is 6.54. The Labute approximate surface area is 130 Å². The van der Waals surface area contributed by atoms with Crippen molar-refractivity contribution in [1.29, 1.82) is 0 Å². The Morgan fingerprint density at radius 3 is 2.55 bits per heavy atom. The zero-order valence-electron chi connectivity index (χ0n) is 12.8. The third-order valence-corrected chi connectivity index (χ3v) is 5.01. The Morgan fingerprint density at radius 2 is 1.95 bits per heavy atom. The van der Waals surface area contributed by atoms with Crippen LogP contribution in [0.4, 0.5) is 0 Å². The smallest absolute Gasteiger partial charge is 0.297 e. The van der Waals surface area contributed by atoms with E-state index in [0.29, 0.717) is 6.61 Å². The molecule has 2 aliphatic rings. The Morgan fingerprint density at radius 1 is 1.27 bits per heavy atom. The molecule has 6 nitrogen and oxygen atoms in total. The minimum Gasteiger partial charge on any atom is -0.364 e. The zero-order chi connectivity index (χ0) is 16.0. The first-order chi connectivity index (χ1) is 10.3. The summed E-state index contributed by atoms with van der Waals surface area (Å²) in [5.41, 5.74) is 0.991. The maximum atomic E-state index is 12.1. The molecule has 7 heteroatoms. The molecule has 3 rings (SSSR count). The monoisotopic (exact) mass is 328 g/mol. The SMILES string of the molecule is Cc1ccc(S(=O)(=O)OC[C@H]2O[C@H]2[C@H]2COC(C)(C)O2)cc1. The van der Waals surface area contributed by atoms with E-state index in [9.17, 15) is 8.42 Å². The molecule has 2 saturated heterocycles. The first-order valence-electron chi connectivity index (χ1n) is 7.20. The van der Waals surface area contributed by atoms with E-state index in [2.05, 4.69) is 0 Å². The number of hydrogen-bond acceptors (Lipinski definition) is 6. The van der Waals surface area contributed by atoms with Crippen LogP contribution in [0.5, 0.6) is 0 Å². The molecule has 122 valence electrons. The van der Waals surface area contributed by atoms with Crippen molar-refractivity contribution in [2.24, 2.45) is 0 Å². The van der Waals surface area contributed by atoms with Crippen LogP contribution in [0.15, 0.2) is 29.2 Å². The van der Waals surface area contributed by atoms with Crippen molar-refractivity contribution in [2.75, 3.05) is 13.2 Å². The molecule has 0 bridgehead atoms. The summed E-state index contributed by atoms with van der Waals surface area (Å²) >= 11 is 0. The molecule has 1 aromatic rings. The molecule has 0 spiro atoms. The van der Waals surface area contributed by atoms with Gasteiger partial charge in [-0.2, -0.15) is 8.42 Å². The lowest BCUT2D eigenvalue weighted by atomic mass is 10.2. The van der Waals surface area contributed by atoms with Gasteiger partial charge in [-0.1, -0.05) is 17.7 Å². The average Bonchev–Trinajstić information content (AvgIpc) is 3.13. The standard InChI is InChI=1S/C15H20O6S/c1-10-4-6-11(7-5-10)22(16,17)19-9-12-14(20-12)13-8-18-15(2,3)21-13/h4-7,12-14H,8-9H2,1-3H3/t12-,13-,14-/m1/s1. The fourth-order valence-electron chi connectivity index (χ4n) is 2.42. The van der Waals surface area contributed by atoms with Gasteiger partial charge >= 0.3 is 0 Å². The Kier molecular flexibility index (Phi) is 4.03. The molecule has 0 unspecified atom stereocenters. The second-order valence-corrected chi connectivity index (χ2v) is 7.67. The van der Waals surface area contributed by atoms with Gasteiger partial charge in [0.05, 0.1) is 18.1 Å². The first-order valence-corrected chi connectivity index (χ1v) is 8.61. The lowest BCUT2D eigenvalue weighted by Gasteiger charge is -2.16. The number of benzene rings is 1. The molecule has 0 aromatic heterocycles. The van der Waals surface area contributed by atoms with Crippen LogP contribution in [0.25, 0.3) is 0 Å². The van der Waals surface area contributed by atoms with Gasteiger partial charge in [-0.15, -0.1) is 0 Å². The number of aryl methyl sites for hydroxylation is 1. The summed E-state index contributed by atoms with van der Waals surface area (Å²) in [7, 11) is -3.75. The van der Waals surface area contributed by atoms with Gasteiger partial charge in [0.15, 0.2) is 5.79 Å². The van der Waals surface area contributed by atoms with E-state index < -0.39 is 15.9 Å². The van der Waals surface area contributed by atoms with Crippen molar-refractivity contribution in [3.05, 3.63) is 29.8 Å². The lowest BCUT2D eigenvalue weighted by molar-refractivity contribution is -0.140. The molecule has 0 amide bonds. The maximum Gasteiger partial charge on any atom is 0.297 e. The Hall–Kier alpha value is -0.990. The van der Waals surface area contributed by atoms with Crippen LogP contribution >= 0.6 is 0 Å². The number of rotatable bonds is 5. The van der Waals surface area contributed by atoms with Gasteiger partial charge in [0.25, 0.3) is 10.1 Å². The fourth-order valence-corrected chi connectivity index (χ4v) is 3.34. The van der Waals surface area contributed by atoms with Crippen LogP contribution in [-0.2, 0) is 28.5 Å². The quantitative estimate of drug-likeness (QED) is 0.604. The molecule has 0 N–H and O–H groups in total. The summed E-state index contributed by atoms with van der Waals surface area (Å²) in [6.45, 7) is 6.00. The third-order valence-electron chi connectivity index (χ3n) is 3.72. The summed E-state index contributed by atoms with van der Waals surface area (Å²) in [4.78, 5) is 0.150. The van der Waals surface area contributed by atoms with Gasteiger partial charge in [-0.05, 0) is 32.9 Å². The third kappa shape index (κ3) is 3.49. The molecule has 3 atom stereocenters. The summed E-state index contributed by atoms with van der Waals surface area (Å²) < 4.78 is 45.8. The predicted molar refractivity (Wildman–Crippen MR) is 77.9 cm³/mol. The summed E-state index contributed by atoms with van der Waals surface area (Å²) in [6.07, 6.45) is -0.622. The Bertz CT molecular complexity index is 637. The minimum atomic E-state index is -3.75. The van der Waals surface area contributed by atoms with Crippen molar-refractivity contribution >= 4 is 10.1 Å². The molecule has 0 aliphatic carbocycles. The minimum absolute atomic E-state index is 0.0127. The molecular formula is C15H20O6S. The van der Waals surface area contributed by atoms with Crippen LogP contribution in [-0.4, -0.2) is 45.7 Å². The number of hydrogen-bond donors (Lipinski definition) is 0. The van der Waals surface area contributed by atoms with Gasteiger partial charge in [-0.3, -0.25) is 4.18 Å². The molecule has 22 heavy (non-hydrogen) atoms. The molecule has 2 aliphatic heterocycles. The van der Waals surface area contributed by atoms with Gasteiger partial charge in [0.1, 0.15) is 18.3 Å². The van der Waals surface area contributed by atoms with Crippen LogP contribution in [0.1, 0.15) is 19.4 Å². The lowest BCUT2D eigenvalue weighted by Crippen LogP contribution is -2.26. The second kappa shape index (κ2) is 5.58. The highest BCUT2D eigenvalue weighted by Crippen LogP contribution is 2.35.